The molecule has 1 aromatic carbocycles. The highest BCUT2D eigenvalue weighted by Crippen LogP contribution is 2.42. The van der Waals surface area contributed by atoms with Crippen LogP contribution in [-0.2, 0) is 4.74 Å². The van der Waals surface area contributed by atoms with Crippen molar-refractivity contribution >= 4 is 17.5 Å². The number of ether oxygens (including phenoxy) is 1. The van der Waals surface area contributed by atoms with Crippen molar-refractivity contribution in [1.82, 2.24) is 4.98 Å². The van der Waals surface area contributed by atoms with Crippen molar-refractivity contribution in [3.8, 4) is 0 Å². The lowest BCUT2D eigenvalue weighted by Crippen LogP contribution is -2.10. The average molecular weight is 283 g/mol. The van der Waals surface area contributed by atoms with Gasteiger partial charge in [-0.25, -0.2) is 9.78 Å². The molecule has 0 radical (unpaired) electrons. The molecule has 0 spiro atoms. The Kier molecular flexibility index (Phi) is 3.48. The van der Waals surface area contributed by atoms with E-state index in [0.717, 1.165) is 6.42 Å². The van der Waals surface area contributed by atoms with Gasteiger partial charge in [-0.3, -0.25) is 0 Å². The second-order valence-electron chi connectivity index (χ2n) is 5.15. The van der Waals surface area contributed by atoms with Crippen LogP contribution in [0, 0.1) is 0 Å². The number of aromatic nitrogens is 1. The Balaban J connectivity index is 1.71. The topological polar surface area (TPSA) is 77.2 Å². The molecule has 0 aliphatic heterocycles. The molecule has 2 unspecified atom stereocenters. The first-order valence-corrected chi connectivity index (χ1v) is 6.84. The molecule has 0 amide bonds. The number of nitrogens with one attached hydrogen (secondary N) is 1. The SMILES string of the molecule is COC(=O)c1cc(NC2CC2c2ccccc2)ncc1N. The van der Waals surface area contributed by atoms with Crippen molar-refractivity contribution in [3.63, 3.8) is 0 Å². The monoisotopic (exact) mass is 283 g/mol. The van der Waals surface area contributed by atoms with Crippen molar-refractivity contribution in [2.24, 2.45) is 0 Å². The van der Waals surface area contributed by atoms with E-state index in [9.17, 15) is 4.79 Å². The first kappa shape index (κ1) is 13.4. The fraction of sp³-hybridized carbons (Fsp3) is 0.250. The number of rotatable bonds is 4. The molecule has 1 heterocycles. The smallest absolute Gasteiger partial charge is 0.340 e. The molecule has 108 valence electrons. The fourth-order valence-corrected chi connectivity index (χ4v) is 2.44. The van der Waals surface area contributed by atoms with Gasteiger partial charge in [-0.2, -0.15) is 0 Å². The number of esters is 1. The Bertz CT molecular complexity index is 658. The van der Waals surface area contributed by atoms with E-state index in [1.807, 2.05) is 18.2 Å². The Morgan fingerprint density at radius 3 is 2.86 bits per heavy atom. The summed E-state index contributed by atoms with van der Waals surface area (Å²) in [6, 6.07) is 12.3. The molecule has 1 aliphatic rings. The van der Waals surface area contributed by atoms with Gasteiger partial charge in [0.05, 0.1) is 24.6 Å². The fourth-order valence-electron chi connectivity index (χ4n) is 2.44. The number of nitrogen functional groups attached to an aromatic ring is 1. The first-order chi connectivity index (χ1) is 10.2. The first-order valence-electron chi connectivity index (χ1n) is 6.84. The van der Waals surface area contributed by atoms with Gasteiger partial charge in [0.2, 0.25) is 0 Å². The summed E-state index contributed by atoms with van der Waals surface area (Å²) in [6.07, 6.45) is 2.54. The molecular formula is C16H17N3O2. The van der Waals surface area contributed by atoms with Crippen LogP contribution in [0.4, 0.5) is 11.5 Å². The van der Waals surface area contributed by atoms with Crippen LogP contribution < -0.4 is 11.1 Å². The predicted octanol–water partition coefficient (Wildman–Crippen LogP) is 2.42. The Morgan fingerprint density at radius 1 is 1.38 bits per heavy atom. The third-order valence-electron chi connectivity index (χ3n) is 3.69. The number of nitrogens with zero attached hydrogens (tertiary/aromatic N) is 1. The summed E-state index contributed by atoms with van der Waals surface area (Å²) in [5, 5.41) is 3.34. The van der Waals surface area contributed by atoms with Crippen LogP contribution in [0.3, 0.4) is 0 Å². The molecule has 3 rings (SSSR count). The van der Waals surface area contributed by atoms with Gasteiger partial charge in [-0.1, -0.05) is 30.3 Å². The molecule has 1 saturated carbocycles. The van der Waals surface area contributed by atoms with Crippen LogP contribution in [0.1, 0.15) is 28.3 Å². The molecule has 3 N–H and O–H groups in total. The van der Waals surface area contributed by atoms with E-state index in [1.165, 1.54) is 18.9 Å². The molecule has 1 aliphatic carbocycles. The number of hydrogen-bond acceptors (Lipinski definition) is 5. The van der Waals surface area contributed by atoms with Gasteiger partial charge in [0.1, 0.15) is 5.82 Å². The minimum atomic E-state index is -0.451. The lowest BCUT2D eigenvalue weighted by Gasteiger charge is -2.08. The van der Waals surface area contributed by atoms with E-state index in [1.54, 1.807) is 6.07 Å². The molecule has 1 fully saturated rings. The number of benzene rings is 1. The number of nitrogens with two attached hydrogens (primary N) is 1. The van der Waals surface area contributed by atoms with Crippen molar-refractivity contribution in [2.45, 2.75) is 18.4 Å². The van der Waals surface area contributed by atoms with Gasteiger partial charge >= 0.3 is 5.97 Å². The quantitative estimate of drug-likeness (QED) is 0.843. The molecule has 0 saturated heterocycles. The maximum absolute atomic E-state index is 11.6. The average Bonchev–Trinajstić information content (AvgIpc) is 3.28. The highest BCUT2D eigenvalue weighted by atomic mass is 16.5. The normalized spacial score (nSPS) is 19.9. The molecule has 2 atom stereocenters. The van der Waals surface area contributed by atoms with Crippen molar-refractivity contribution in [2.75, 3.05) is 18.2 Å². The maximum Gasteiger partial charge on any atom is 0.340 e. The van der Waals surface area contributed by atoms with Gasteiger partial charge < -0.3 is 15.8 Å². The van der Waals surface area contributed by atoms with E-state index in [0.29, 0.717) is 29.0 Å². The number of anilines is 2. The lowest BCUT2D eigenvalue weighted by atomic mass is 10.1. The van der Waals surface area contributed by atoms with Gasteiger partial charge in [-0.05, 0) is 18.1 Å². The second kappa shape index (κ2) is 5.44. The van der Waals surface area contributed by atoms with Crippen LogP contribution >= 0.6 is 0 Å². The summed E-state index contributed by atoms with van der Waals surface area (Å²) < 4.78 is 4.71. The molecule has 1 aromatic heterocycles. The summed E-state index contributed by atoms with van der Waals surface area (Å²) in [4.78, 5) is 15.8. The zero-order valence-corrected chi connectivity index (χ0v) is 11.7. The predicted molar refractivity (Wildman–Crippen MR) is 81.2 cm³/mol. The second-order valence-corrected chi connectivity index (χ2v) is 5.15. The molecule has 21 heavy (non-hydrogen) atoms. The van der Waals surface area contributed by atoms with E-state index in [2.05, 4.69) is 22.4 Å². The van der Waals surface area contributed by atoms with Gasteiger partial charge in [0, 0.05) is 12.0 Å². The summed E-state index contributed by atoms with van der Waals surface area (Å²) in [5.74, 6) is 0.688. The number of pyridine rings is 1. The van der Waals surface area contributed by atoms with Crippen LogP contribution in [0.2, 0.25) is 0 Å². The zero-order chi connectivity index (χ0) is 14.8. The zero-order valence-electron chi connectivity index (χ0n) is 11.7. The number of carbonyl (C=O) groups excluding carboxylic acids is 1. The minimum absolute atomic E-state index is 0.322. The van der Waals surface area contributed by atoms with Crippen LogP contribution in [0.5, 0.6) is 0 Å². The Morgan fingerprint density at radius 2 is 2.14 bits per heavy atom. The maximum atomic E-state index is 11.6. The van der Waals surface area contributed by atoms with Crippen LogP contribution in [0.15, 0.2) is 42.6 Å². The largest absolute Gasteiger partial charge is 0.465 e. The number of methoxy groups -OCH3 is 1. The summed E-state index contributed by atoms with van der Waals surface area (Å²) in [6.45, 7) is 0. The molecule has 5 nitrogen and oxygen atoms in total. The van der Waals surface area contributed by atoms with Crippen LogP contribution in [0.25, 0.3) is 0 Å². The van der Waals surface area contributed by atoms with Gasteiger partial charge in [0.25, 0.3) is 0 Å². The summed E-state index contributed by atoms with van der Waals surface area (Å²) in [5.41, 5.74) is 7.72. The highest BCUT2D eigenvalue weighted by Gasteiger charge is 2.38. The van der Waals surface area contributed by atoms with E-state index in [4.69, 9.17) is 10.5 Å². The van der Waals surface area contributed by atoms with Gasteiger partial charge in [-0.15, -0.1) is 0 Å². The number of carbonyl (C=O) groups is 1. The van der Waals surface area contributed by atoms with E-state index < -0.39 is 5.97 Å². The van der Waals surface area contributed by atoms with E-state index >= 15 is 0 Å². The van der Waals surface area contributed by atoms with Crippen LogP contribution in [-0.4, -0.2) is 24.1 Å². The molecule has 2 aromatic rings. The third-order valence-corrected chi connectivity index (χ3v) is 3.69. The Hall–Kier alpha value is -2.56. The highest BCUT2D eigenvalue weighted by molar-refractivity contribution is 5.95. The lowest BCUT2D eigenvalue weighted by molar-refractivity contribution is 0.0602. The summed E-state index contributed by atoms with van der Waals surface area (Å²) >= 11 is 0. The van der Waals surface area contributed by atoms with Crippen molar-refractivity contribution < 1.29 is 9.53 Å². The Labute approximate surface area is 123 Å². The van der Waals surface area contributed by atoms with E-state index in [-0.39, 0.29) is 0 Å². The van der Waals surface area contributed by atoms with Gasteiger partial charge in [0.15, 0.2) is 0 Å². The minimum Gasteiger partial charge on any atom is -0.465 e. The molecular weight excluding hydrogens is 266 g/mol. The van der Waals surface area contributed by atoms with Crippen molar-refractivity contribution in [1.29, 1.82) is 0 Å². The number of hydrogen-bond donors (Lipinski definition) is 2. The molecule has 0 bridgehead atoms. The standard InChI is InChI=1S/C16H17N3O2/c1-21-16(20)12-8-15(18-9-13(12)17)19-14-7-11(14)10-5-3-2-4-6-10/h2-6,8-9,11,14H,7,17H2,1H3,(H,18,19). The molecule has 5 heteroatoms. The van der Waals surface area contributed by atoms with Crippen molar-refractivity contribution in [3.05, 3.63) is 53.7 Å². The third kappa shape index (κ3) is 2.81. The summed E-state index contributed by atoms with van der Waals surface area (Å²) in [7, 11) is 1.33.